The van der Waals surface area contributed by atoms with Crippen molar-refractivity contribution in [3.8, 4) is 0 Å². The van der Waals surface area contributed by atoms with Gasteiger partial charge in [-0.15, -0.1) is 11.8 Å². The summed E-state index contributed by atoms with van der Waals surface area (Å²) in [5, 5.41) is 1.32. The van der Waals surface area contributed by atoms with E-state index in [0.29, 0.717) is 16.3 Å². The molecule has 1 heterocycles. The van der Waals surface area contributed by atoms with Crippen molar-refractivity contribution in [2.75, 3.05) is 0 Å². The Morgan fingerprint density at radius 1 is 1.19 bits per heavy atom. The monoisotopic (exact) mass is 253 g/mol. The maximum Gasteiger partial charge on any atom is 0.128 e. The molecule has 4 heteroatoms. The van der Waals surface area contributed by atoms with Gasteiger partial charge in [0, 0.05) is 22.5 Å². The first-order valence-corrected chi connectivity index (χ1v) is 6.10. The summed E-state index contributed by atoms with van der Waals surface area (Å²) in [6, 6.07) is 10.4. The van der Waals surface area contributed by atoms with E-state index in [1.807, 2.05) is 18.2 Å². The predicted molar refractivity (Wildman–Crippen MR) is 65.2 cm³/mol. The highest BCUT2D eigenvalue weighted by Crippen LogP contribution is 2.27. The minimum Gasteiger partial charge on any atom is -0.250 e. The molecule has 2 aromatic rings. The zero-order chi connectivity index (χ0) is 11.4. The highest BCUT2D eigenvalue weighted by Gasteiger charge is 2.07. The van der Waals surface area contributed by atoms with Gasteiger partial charge in [-0.25, -0.2) is 9.37 Å². The van der Waals surface area contributed by atoms with Crippen LogP contribution in [0.1, 0.15) is 5.56 Å². The van der Waals surface area contributed by atoms with Crippen LogP contribution in [-0.4, -0.2) is 4.98 Å². The number of hydrogen-bond acceptors (Lipinski definition) is 2. The molecule has 0 atom stereocenters. The average Bonchev–Trinajstić information content (AvgIpc) is 2.30. The van der Waals surface area contributed by atoms with Crippen LogP contribution in [0.3, 0.4) is 0 Å². The van der Waals surface area contributed by atoms with Crippen molar-refractivity contribution in [3.05, 3.63) is 59.0 Å². The number of thioether (sulfide) groups is 1. The van der Waals surface area contributed by atoms with Gasteiger partial charge in [0.25, 0.3) is 0 Å². The van der Waals surface area contributed by atoms with E-state index in [9.17, 15) is 4.39 Å². The van der Waals surface area contributed by atoms with Gasteiger partial charge in [0.2, 0.25) is 0 Å². The van der Waals surface area contributed by atoms with Gasteiger partial charge >= 0.3 is 0 Å². The summed E-state index contributed by atoms with van der Waals surface area (Å²) < 4.78 is 13.4. The van der Waals surface area contributed by atoms with Gasteiger partial charge < -0.3 is 0 Å². The largest absolute Gasteiger partial charge is 0.250 e. The summed E-state index contributed by atoms with van der Waals surface area (Å²) >= 11 is 7.39. The first kappa shape index (κ1) is 11.4. The molecular formula is C12H9ClFNS. The van der Waals surface area contributed by atoms with Crippen LogP contribution in [0.4, 0.5) is 4.39 Å². The molecule has 0 amide bonds. The van der Waals surface area contributed by atoms with Gasteiger partial charge in [-0.3, -0.25) is 0 Å². The standard InChI is InChI=1S/C12H9ClFNS/c13-10-4-3-5-11(14)9(10)8-16-12-6-1-2-7-15-12/h1-7H,8H2. The lowest BCUT2D eigenvalue weighted by atomic mass is 10.2. The molecule has 0 fully saturated rings. The van der Waals surface area contributed by atoms with Crippen LogP contribution in [0.15, 0.2) is 47.6 Å². The number of nitrogens with zero attached hydrogens (tertiary/aromatic N) is 1. The first-order chi connectivity index (χ1) is 7.77. The second-order valence-corrected chi connectivity index (χ2v) is 4.56. The third-order valence-electron chi connectivity index (χ3n) is 2.06. The number of aromatic nitrogens is 1. The van der Waals surface area contributed by atoms with Gasteiger partial charge in [0.15, 0.2) is 0 Å². The molecule has 0 N–H and O–H groups in total. The Morgan fingerprint density at radius 2 is 2.06 bits per heavy atom. The van der Waals surface area contributed by atoms with Crippen molar-refractivity contribution in [1.82, 2.24) is 4.98 Å². The predicted octanol–water partition coefficient (Wildman–Crippen LogP) is 4.17. The van der Waals surface area contributed by atoms with Gasteiger partial charge in [0.1, 0.15) is 5.82 Å². The summed E-state index contributed by atoms with van der Waals surface area (Å²) in [5.41, 5.74) is 0.528. The Morgan fingerprint density at radius 3 is 2.75 bits per heavy atom. The molecule has 82 valence electrons. The molecule has 2 rings (SSSR count). The van der Waals surface area contributed by atoms with Crippen molar-refractivity contribution < 1.29 is 4.39 Å². The minimum atomic E-state index is -0.268. The number of benzene rings is 1. The first-order valence-electron chi connectivity index (χ1n) is 4.74. The van der Waals surface area contributed by atoms with Crippen molar-refractivity contribution >= 4 is 23.4 Å². The second-order valence-electron chi connectivity index (χ2n) is 3.16. The fourth-order valence-corrected chi connectivity index (χ4v) is 2.45. The molecule has 0 unspecified atom stereocenters. The molecule has 1 aromatic carbocycles. The summed E-state index contributed by atoms with van der Waals surface area (Å²) in [7, 11) is 0. The maximum absolute atomic E-state index is 13.4. The number of rotatable bonds is 3. The van der Waals surface area contributed by atoms with Crippen LogP contribution in [0.2, 0.25) is 5.02 Å². The zero-order valence-corrected chi connectivity index (χ0v) is 9.93. The SMILES string of the molecule is Fc1cccc(Cl)c1CSc1ccccn1. The summed E-state index contributed by atoms with van der Waals surface area (Å²) in [6.45, 7) is 0. The van der Waals surface area contributed by atoms with E-state index in [4.69, 9.17) is 11.6 Å². The average molecular weight is 254 g/mol. The molecule has 0 aliphatic rings. The summed E-state index contributed by atoms with van der Waals surface area (Å²) in [4.78, 5) is 4.15. The van der Waals surface area contributed by atoms with E-state index in [-0.39, 0.29) is 5.82 Å². The third kappa shape index (κ3) is 2.74. The molecular weight excluding hydrogens is 245 g/mol. The van der Waals surface area contributed by atoms with Gasteiger partial charge in [0.05, 0.1) is 5.03 Å². The topological polar surface area (TPSA) is 12.9 Å². The zero-order valence-electron chi connectivity index (χ0n) is 8.36. The highest BCUT2D eigenvalue weighted by atomic mass is 35.5. The van der Waals surface area contributed by atoms with Crippen LogP contribution in [-0.2, 0) is 5.75 Å². The molecule has 1 aromatic heterocycles. The Kier molecular flexibility index (Phi) is 3.80. The molecule has 1 nitrogen and oxygen atoms in total. The fourth-order valence-electron chi connectivity index (χ4n) is 1.25. The van der Waals surface area contributed by atoms with E-state index in [2.05, 4.69) is 4.98 Å². The van der Waals surface area contributed by atoms with E-state index in [1.54, 1.807) is 18.3 Å². The summed E-state index contributed by atoms with van der Waals surface area (Å²) in [5.74, 6) is 0.221. The van der Waals surface area contributed by atoms with Gasteiger partial charge in [-0.1, -0.05) is 23.7 Å². The Balaban J connectivity index is 2.11. The Bertz CT molecular complexity index is 455. The minimum absolute atomic E-state index is 0.268. The second kappa shape index (κ2) is 5.32. The van der Waals surface area contributed by atoms with Gasteiger partial charge in [-0.05, 0) is 24.3 Å². The molecule has 0 saturated heterocycles. The Labute approximate surface area is 103 Å². The molecule has 0 bridgehead atoms. The highest BCUT2D eigenvalue weighted by molar-refractivity contribution is 7.98. The lowest BCUT2D eigenvalue weighted by Crippen LogP contribution is -1.89. The van der Waals surface area contributed by atoms with Crippen molar-refractivity contribution in [2.24, 2.45) is 0 Å². The lowest BCUT2D eigenvalue weighted by molar-refractivity contribution is 0.617. The fraction of sp³-hybridized carbons (Fsp3) is 0.0833. The smallest absolute Gasteiger partial charge is 0.128 e. The maximum atomic E-state index is 13.4. The van der Waals surface area contributed by atoms with Crippen molar-refractivity contribution in [1.29, 1.82) is 0 Å². The van der Waals surface area contributed by atoms with Crippen LogP contribution in [0.25, 0.3) is 0 Å². The van der Waals surface area contributed by atoms with Crippen LogP contribution in [0.5, 0.6) is 0 Å². The van der Waals surface area contributed by atoms with Crippen molar-refractivity contribution in [2.45, 2.75) is 10.8 Å². The molecule has 0 saturated carbocycles. The number of hydrogen-bond donors (Lipinski definition) is 0. The molecule has 0 radical (unpaired) electrons. The van der Waals surface area contributed by atoms with Gasteiger partial charge in [-0.2, -0.15) is 0 Å². The Hall–Kier alpha value is -1.06. The quantitative estimate of drug-likeness (QED) is 0.762. The number of pyridine rings is 1. The summed E-state index contributed by atoms with van der Waals surface area (Å²) in [6.07, 6.45) is 1.71. The number of halogens is 2. The molecule has 0 aliphatic heterocycles. The molecule has 0 spiro atoms. The lowest BCUT2D eigenvalue weighted by Gasteiger charge is -2.04. The van der Waals surface area contributed by atoms with E-state index in [0.717, 1.165) is 5.03 Å². The van der Waals surface area contributed by atoms with E-state index in [1.165, 1.54) is 17.8 Å². The van der Waals surface area contributed by atoms with E-state index < -0.39 is 0 Å². The molecule has 0 aliphatic carbocycles. The van der Waals surface area contributed by atoms with Crippen LogP contribution >= 0.6 is 23.4 Å². The van der Waals surface area contributed by atoms with Crippen molar-refractivity contribution in [3.63, 3.8) is 0 Å². The van der Waals surface area contributed by atoms with E-state index >= 15 is 0 Å². The third-order valence-corrected chi connectivity index (χ3v) is 3.39. The van der Waals surface area contributed by atoms with Crippen LogP contribution < -0.4 is 0 Å². The normalized spacial score (nSPS) is 10.4. The molecule has 16 heavy (non-hydrogen) atoms. The van der Waals surface area contributed by atoms with Crippen LogP contribution in [0, 0.1) is 5.82 Å².